The summed E-state index contributed by atoms with van der Waals surface area (Å²) < 4.78 is 39.7. The number of amides is 3. The average Bonchev–Trinajstić information content (AvgIpc) is 3.05. The third-order valence-electron chi connectivity index (χ3n) is 5.46. The molecule has 0 saturated carbocycles. The summed E-state index contributed by atoms with van der Waals surface area (Å²) in [6.07, 6.45) is 0.644. The molecule has 4 rings (SSSR count). The molecule has 1 fully saturated rings. The van der Waals surface area contributed by atoms with Gasteiger partial charge in [0.15, 0.2) is 17.5 Å². The third kappa shape index (κ3) is 3.74. The predicted molar refractivity (Wildman–Crippen MR) is 103 cm³/mol. The molecule has 3 N–H and O–H groups in total. The van der Waals surface area contributed by atoms with Crippen molar-refractivity contribution in [3.05, 3.63) is 58.9 Å². The Kier molecular flexibility index (Phi) is 5.18. The number of carbonyl (C=O) groups is 3. The smallest absolute Gasteiger partial charge is 0.268 e. The number of halogens is 3. The summed E-state index contributed by atoms with van der Waals surface area (Å²) in [6, 6.07) is 6.43. The first-order valence-corrected chi connectivity index (χ1v) is 9.58. The Morgan fingerprint density at radius 3 is 2.55 bits per heavy atom. The molecule has 0 unspecified atom stereocenters. The van der Waals surface area contributed by atoms with E-state index >= 15 is 0 Å². The lowest BCUT2D eigenvalue weighted by molar-refractivity contribution is -0.149. The molecule has 31 heavy (non-hydrogen) atoms. The molecule has 2 aliphatic heterocycles. The highest BCUT2D eigenvalue weighted by Crippen LogP contribution is 2.33. The minimum absolute atomic E-state index is 0.0626. The Balaban J connectivity index is 1.47. The van der Waals surface area contributed by atoms with Gasteiger partial charge >= 0.3 is 0 Å². The molecule has 0 bridgehead atoms. The number of rotatable bonds is 4. The SMILES string of the molecule is O=C1CCc2cc(N3CC[C@](O)(C(=O)NCc4cc(F)c(F)c(F)c4)C3=O)ccc2N1. The molecule has 2 heterocycles. The molecule has 162 valence electrons. The Morgan fingerprint density at radius 2 is 1.84 bits per heavy atom. The number of hydrogen-bond acceptors (Lipinski definition) is 4. The zero-order valence-corrected chi connectivity index (χ0v) is 16.2. The molecule has 10 heteroatoms. The van der Waals surface area contributed by atoms with Gasteiger partial charge in [0.1, 0.15) is 0 Å². The summed E-state index contributed by atoms with van der Waals surface area (Å²) in [5.41, 5.74) is -0.441. The van der Waals surface area contributed by atoms with Crippen molar-refractivity contribution in [2.75, 3.05) is 16.8 Å². The van der Waals surface area contributed by atoms with Crippen LogP contribution in [-0.4, -0.2) is 35.0 Å². The Hall–Kier alpha value is -3.40. The summed E-state index contributed by atoms with van der Waals surface area (Å²) in [6.45, 7) is -0.325. The molecular weight excluding hydrogens is 415 g/mol. The van der Waals surface area contributed by atoms with Crippen molar-refractivity contribution in [3.8, 4) is 0 Å². The van der Waals surface area contributed by atoms with Gasteiger partial charge in [0.05, 0.1) is 0 Å². The molecule has 3 amide bonds. The number of nitrogens with zero attached hydrogens (tertiary/aromatic N) is 1. The zero-order chi connectivity index (χ0) is 22.3. The number of hydrogen-bond donors (Lipinski definition) is 3. The van der Waals surface area contributed by atoms with Crippen LogP contribution in [0.5, 0.6) is 0 Å². The molecular formula is C21H18F3N3O4. The van der Waals surface area contributed by atoms with Crippen LogP contribution in [0.15, 0.2) is 30.3 Å². The van der Waals surface area contributed by atoms with E-state index in [4.69, 9.17) is 0 Å². The van der Waals surface area contributed by atoms with Crippen LogP contribution in [0.1, 0.15) is 24.0 Å². The summed E-state index contributed by atoms with van der Waals surface area (Å²) in [7, 11) is 0. The maximum absolute atomic E-state index is 13.3. The topological polar surface area (TPSA) is 98.7 Å². The van der Waals surface area contributed by atoms with Crippen molar-refractivity contribution >= 4 is 29.1 Å². The first-order valence-electron chi connectivity index (χ1n) is 9.58. The van der Waals surface area contributed by atoms with Crippen molar-refractivity contribution in [2.45, 2.75) is 31.4 Å². The van der Waals surface area contributed by atoms with Crippen LogP contribution in [-0.2, 0) is 27.3 Å². The minimum atomic E-state index is -2.35. The van der Waals surface area contributed by atoms with Crippen LogP contribution in [0, 0.1) is 17.5 Å². The second kappa shape index (κ2) is 7.69. The van der Waals surface area contributed by atoms with Crippen molar-refractivity contribution in [1.29, 1.82) is 0 Å². The fourth-order valence-electron chi connectivity index (χ4n) is 3.74. The van der Waals surface area contributed by atoms with Gasteiger partial charge in [0.2, 0.25) is 11.5 Å². The summed E-state index contributed by atoms with van der Waals surface area (Å²) in [4.78, 5) is 38.1. The van der Waals surface area contributed by atoms with Crippen molar-refractivity contribution in [3.63, 3.8) is 0 Å². The Bertz CT molecular complexity index is 1080. The predicted octanol–water partition coefficient (Wildman–Crippen LogP) is 1.77. The van der Waals surface area contributed by atoms with Gasteiger partial charge in [-0.15, -0.1) is 0 Å². The molecule has 0 radical (unpaired) electrons. The van der Waals surface area contributed by atoms with Crippen molar-refractivity contribution in [2.24, 2.45) is 0 Å². The van der Waals surface area contributed by atoms with E-state index in [9.17, 15) is 32.7 Å². The Labute approximate surface area is 174 Å². The molecule has 2 aromatic carbocycles. The largest absolute Gasteiger partial charge is 0.372 e. The lowest BCUT2D eigenvalue weighted by atomic mass is 10.0. The highest BCUT2D eigenvalue weighted by atomic mass is 19.2. The summed E-state index contributed by atoms with van der Waals surface area (Å²) in [5, 5.41) is 15.7. The first kappa shape index (κ1) is 20.9. The van der Waals surface area contributed by atoms with E-state index in [1.807, 2.05) is 0 Å². The lowest BCUT2D eigenvalue weighted by Gasteiger charge is -2.24. The van der Waals surface area contributed by atoms with Gasteiger partial charge in [-0.05, 0) is 47.9 Å². The number of aliphatic hydroxyl groups is 1. The van der Waals surface area contributed by atoms with Gasteiger partial charge in [-0.2, -0.15) is 0 Å². The van der Waals surface area contributed by atoms with Crippen LogP contribution < -0.4 is 15.5 Å². The maximum atomic E-state index is 13.3. The monoisotopic (exact) mass is 433 g/mol. The number of benzene rings is 2. The molecule has 0 aromatic heterocycles. The zero-order valence-electron chi connectivity index (χ0n) is 16.2. The molecule has 1 saturated heterocycles. The number of nitrogens with one attached hydrogen (secondary N) is 2. The fourth-order valence-corrected chi connectivity index (χ4v) is 3.74. The molecule has 7 nitrogen and oxygen atoms in total. The average molecular weight is 433 g/mol. The lowest BCUT2D eigenvalue weighted by Crippen LogP contribution is -2.52. The van der Waals surface area contributed by atoms with E-state index in [1.165, 1.54) is 4.90 Å². The van der Waals surface area contributed by atoms with Crippen LogP contribution in [0.3, 0.4) is 0 Å². The highest BCUT2D eigenvalue weighted by Gasteiger charge is 2.51. The normalized spacial score (nSPS) is 20.5. The van der Waals surface area contributed by atoms with E-state index in [0.29, 0.717) is 24.2 Å². The molecule has 0 spiro atoms. The Morgan fingerprint density at radius 1 is 1.13 bits per heavy atom. The first-order chi connectivity index (χ1) is 14.7. The van der Waals surface area contributed by atoms with Gasteiger partial charge < -0.3 is 20.6 Å². The summed E-state index contributed by atoms with van der Waals surface area (Å²) >= 11 is 0. The van der Waals surface area contributed by atoms with E-state index in [0.717, 1.165) is 17.7 Å². The molecule has 1 atom stereocenters. The second-order valence-corrected chi connectivity index (χ2v) is 7.51. The highest BCUT2D eigenvalue weighted by molar-refractivity contribution is 6.16. The quantitative estimate of drug-likeness (QED) is 0.506. The molecule has 0 aliphatic carbocycles. The van der Waals surface area contributed by atoms with Crippen LogP contribution >= 0.6 is 0 Å². The van der Waals surface area contributed by atoms with Crippen LogP contribution in [0.25, 0.3) is 0 Å². The van der Waals surface area contributed by atoms with Crippen molar-refractivity contribution < 1.29 is 32.7 Å². The van der Waals surface area contributed by atoms with E-state index < -0.39 is 41.4 Å². The second-order valence-electron chi connectivity index (χ2n) is 7.51. The summed E-state index contributed by atoms with van der Waals surface area (Å²) in [5.74, 6) is -6.38. The fraction of sp³-hybridized carbons (Fsp3) is 0.286. The van der Waals surface area contributed by atoms with Gasteiger partial charge in [0.25, 0.3) is 11.8 Å². The number of aryl methyl sites for hydroxylation is 1. The minimum Gasteiger partial charge on any atom is -0.372 e. The number of carbonyl (C=O) groups excluding carboxylic acids is 3. The van der Waals surface area contributed by atoms with E-state index in [2.05, 4.69) is 10.6 Å². The van der Waals surface area contributed by atoms with Gasteiger partial charge in [-0.3, -0.25) is 14.4 Å². The maximum Gasteiger partial charge on any atom is 0.268 e. The van der Waals surface area contributed by atoms with E-state index in [-0.39, 0.29) is 24.4 Å². The van der Waals surface area contributed by atoms with Crippen LogP contribution in [0.4, 0.5) is 24.5 Å². The van der Waals surface area contributed by atoms with Crippen LogP contribution in [0.2, 0.25) is 0 Å². The van der Waals surface area contributed by atoms with Crippen molar-refractivity contribution in [1.82, 2.24) is 5.32 Å². The standard InChI is InChI=1S/C21H18F3N3O4/c22-14-7-11(8-15(23)18(14)24)10-25-19(29)21(31)5-6-27(20(21)30)13-2-3-16-12(9-13)1-4-17(28)26-16/h2-3,7-9,31H,1,4-6,10H2,(H,25,29)(H,26,28)/t21-/m0/s1. The van der Waals surface area contributed by atoms with Gasteiger partial charge in [0, 0.05) is 37.3 Å². The number of anilines is 2. The van der Waals surface area contributed by atoms with E-state index in [1.54, 1.807) is 18.2 Å². The van der Waals surface area contributed by atoms with Gasteiger partial charge in [-0.25, -0.2) is 13.2 Å². The number of fused-ring (bicyclic) bond motifs is 1. The van der Waals surface area contributed by atoms with Gasteiger partial charge in [-0.1, -0.05) is 0 Å². The molecule has 2 aliphatic rings. The molecule has 2 aromatic rings. The third-order valence-corrected chi connectivity index (χ3v) is 5.46.